The van der Waals surface area contributed by atoms with Crippen molar-refractivity contribution in [1.29, 1.82) is 0 Å². The third-order valence-electron chi connectivity index (χ3n) is 4.17. The van der Waals surface area contributed by atoms with Crippen molar-refractivity contribution in [1.82, 2.24) is 0 Å². The lowest BCUT2D eigenvalue weighted by molar-refractivity contribution is -0.129. The maximum Gasteiger partial charge on any atom is 0.363 e. The van der Waals surface area contributed by atoms with Gasteiger partial charge >= 0.3 is 5.97 Å². The molecule has 0 aliphatic carbocycles. The number of cyclic esters (lactones) is 1. The number of carbonyl (C=O) groups excluding carboxylic acids is 2. The summed E-state index contributed by atoms with van der Waals surface area (Å²) in [7, 11) is 0. The van der Waals surface area contributed by atoms with Crippen LogP contribution < -0.4 is 14.8 Å². The van der Waals surface area contributed by atoms with Gasteiger partial charge in [0.05, 0.1) is 11.6 Å². The third-order valence-corrected chi connectivity index (χ3v) is 4.45. The fourth-order valence-electron chi connectivity index (χ4n) is 2.86. The Kier molecular flexibility index (Phi) is 7.33. The Balaban J connectivity index is 1.88. The average molecular weight is 455 g/mol. The summed E-state index contributed by atoms with van der Waals surface area (Å²) in [5.41, 5.74) is 2.82. The van der Waals surface area contributed by atoms with Crippen LogP contribution >= 0.6 is 11.6 Å². The molecule has 2 aromatic rings. The molecule has 1 heterocycles. The molecule has 0 bridgehead atoms. The number of anilines is 1. The predicted molar refractivity (Wildman–Crippen MR) is 124 cm³/mol. The molecule has 0 saturated carbocycles. The molecule has 0 atom stereocenters. The zero-order chi connectivity index (χ0) is 23.3. The van der Waals surface area contributed by atoms with Crippen LogP contribution in [-0.2, 0) is 14.3 Å². The van der Waals surface area contributed by atoms with Crippen molar-refractivity contribution in [3.05, 3.63) is 70.4 Å². The molecule has 0 fully saturated rings. The molecule has 3 rings (SSSR count). The van der Waals surface area contributed by atoms with Crippen molar-refractivity contribution in [2.75, 3.05) is 18.5 Å². The van der Waals surface area contributed by atoms with E-state index in [0.717, 1.165) is 5.57 Å². The topological polar surface area (TPSA) is 86.2 Å². The summed E-state index contributed by atoms with van der Waals surface area (Å²) in [6.45, 7) is 9.66. The molecule has 0 spiro atoms. The molecule has 1 amide bonds. The quantitative estimate of drug-likeness (QED) is 0.344. The van der Waals surface area contributed by atoms with Gasteiger partial charge in [-0.3, -0.25) is 4.79 Å². The number of nitrogens with one attached hydrogen (secondary N) is 1. The van der Waals surface area contributed by atoms with Gasteiger partial charge in [0.15, 0.2) is 17.2 Å². The summed E-state index contributed by atoms with van der Waals surface area (Å²) in [6, 6.07) is 10.2. The fraction of sp³-hybridized carbons (Fsp3) is 0.208. The van der Waals surface area contributed by atoms with E-state index in [2.05, 4.69) is 16.9 Å². The van der Waals surface area contributed by atoms with E-state index in [1.807, 2.05) is 13.8 Å². The van der Waals surface area contributed by atoms with Crippen LogP contribution in [-0.4, -0.2) is 31.0 Å². The smallest absolute Gasteiger partial charge is 0.363 e. The first kappa shape index (κ1) is 23.1. The van der Waals surface area contributed by atoms with Crippen LogP contribution in [0.15, 0.2) is 59.2 Å². The van der Waals surface area contributed by atoms with Crippen LogP contribution in [0.4, 0.5) is 5.69 Å². The summed E-state index contributed by atoms with van der Waals surface area (Å²) in [6.07, 6.45) is 1.57. The van der Waals surface area contributed by atoms with Crippen LogP contribution in [0.2, 0.25) is 5.02 Å². The fourth-order valence-corrected chi connectivity index (χ4v) is 3.13. The molecule has 1 N–H and O–H groups in total. The summed E-state index contributed by atoms with van der Waals surface area (Å²) in [5.74, 6) is 0.290. The summed E-state index contributed by atoms with van der Waals surface area (Å²) >= 11 is 6.41. The number of nitrogens with zero attached hydrogens (tertiary/aromatic N) is 1. The van der Waals surface area contributed by atoms with E-state index < -0.39 is 5.97 Å². The van der Waals surface area contributed by atoms with Crippen LogP contribution in [0.25, 0.3) is 6.08 Å². The Bertz CT molecular complexity index is 1120. The van der Waals surface area contributed by atoms with Gasteiger partial charge < -0.3 is 19.5 Å². The second-order valence-corrected chi connectivity index (χ2v) is 7.51. The summed E-state index contributed by atoms with van der Waals surface area (Å²) < 4.78 is 16.7. The first-order valence-electron chi connectivity index (χ1n) is 9.91. The van der Waals surface area contributed by atoms with Gasteiger partial charge in [-0.1, -0.05) is 18.2 Å². The first-order chi connectivity index (χ1) is 15.3. The lowest BCUT2D eigenvalue weighted by atomic mass is 10.1. The largest absolute Gasteiger partial charge is 0.490 e. The molecular weight excluding hydrogens is 432 g/mol. The Labute approximate surface area is 191 Å². The number of hydrogen-bond acceptors (Lipinski definition) is 6. The van der Waals surface area contributed by atoms with Gasteiger partial charge in [0, 0.05) is 18.2 Å². The van der Waals surface area contributed by atoms with E-state index in [4.69, 9.17) is 25.8 Å². The van der Waals surface area contributed by atoms with Gasteiger partial charge in [-0.15, -0.1) is 0 Å². The van der Waals surface area contributed by atoms with Crippen molar-refractivity contribution < 1.29 is 23.8 Å². The minimum atomic E-state index is -0.581. The molecule has 166 valence electrons. The SMILES string of the molecule is C=C(C)COc1c(Cl)cc(/C=C2\N=C(c3ccc(NC(C)=O)cc3)OC2=O)cc1OCC. The van der Waals surface area contributed by atoms with Gasteiger partial charge in [-0.2, -0.15) is 0 Å². The van der Waals surface area contributed by atoms with E-state index in [1.165, 1.54) is 6.92 Å². The Hall–Kier alpha value is -3.58. The maximum atomic E-state index is 12.4. The molecule has 8 heteroatoms. The molecule has 1 aliphatic rings. The van der Waals surface area contributed by atoms with Gasteiger partial charge in [0.25, 0.3) is 0 Å². The zero-order valence-corrected chi connectivity index (χ0v) is 18.8. The zero-order valence-electron chi connectivity index (χ0n) is 18.0. The Morgan fingerprint density at radius 2 is 1.94 bits per heavy atom. The van der Waals surface area contributed by atoms with Crippen molar-refractivity contribution in [2.45, 2.75) is 20.8 Å². The molecule has 1 aliphatic heterocycles. The lowest BCUT2D eigenvalue weighted by Gasteiger charge is -2.14. The number of benzene rings is 2. The number of ether oxygens (including phenoxy) is 3. The minimum absolute atomic E-state index is 0.125. The Morgan fingerprint density at radius 3 is 2.56 bits per heavy atom. The van der Waals surface area contributed by atoms with Crippen LogP contribution in [0.3, 0.4) is 0 Å². The van der Waals surface area contributed by atoms with Crippen molar-refractivity contribution in [3.8, 4) is 11.5 Å². The monoisotopic (exact) mass is 454 g/mol. The molecule has 0 radical (unpaired) electrons. The molecule has 0 unspecified atom stereocenters. The minimum Gasteiger partial charge on any atom is -0.490 e. The third kappa shape index (κ3) is 5.76. The van der Waals surface area contributed by atoms with E-state index in [0.29, 0.717) is 46.5 Å². The Morgan fingerprint density at radius 1 is 1.22 bits per heavy atom. The van der Waals surface area contributed by atoms with Gasteiger partial charge in [0.2, 0.25) is 11.8 Å². The van der Waals surface area contributed by atoms with E-state index >= 15 is 0 Å². The normalized spacial score (nSPS) is 14.1. The number of amides is 1. The predicted octanol–water partition coefficient (Wildman–Crippen LogP) is 5.00. The number of esters is 1. The van der Waals surface area contributed by atoms with Crippen LogP contribution in [0, 0.1) is 0 Å². The molecule has 32 heavy (non-hydrogen) atoms. The maximum absolute atomic E-state index is 12.4. The van der Waals surface area contributed by atoms with Crippen molar-refractivity contribution >= 4 is 41.1 Å². The number of hydrogen-bond donors (Lipinski definition) is 1. The van der Waals surface area contributed by atoms with Crippen molar-refractivity contribution in [3.63, 3.8) is 0 Å². The summed E-state index contributed by atoms with van der Waals surface area (Å²) in [5, 5.41) is 3.02. The molecule has 0 aromatic heterocycles. The number of halogens is 1. The highest BCUT2D eigenvalue weighted by atomic mass is 35.5. The van der Waals surface area contributed by atoms with E-state index in [1.54, 1.807) is 42.5 Å². The number of rotatable bonds is 8. The lowest BCUT2D eigenvalue weighted by Crippen LogP contribution is -2.07. The standard InChI is InChI=1S/C24H23ClN2O5/c1-5-30-21-12-16(10-19(25)22(21)31-13-14(2)3)11-20-24(29)32-23(27-20)17-6-8-18(9-7-17)26-15(4)28/h6-12H,2,5,13H2,1,3-4H3,(H,26,28)/b20-11-. The highest BCUT2D eigenvalue weighted by molar-refractivity contribution is 6.32. The van der Waals surface area contributed by atoms with Crippen molar-refractivity contribution in [2.24, 2.45) is 4.99 Å². The van der Waals surface area contributed by atoms with Gasteiger partial charge in [0.1, 0.15) is 6.61 Å². The van der Waals surface area contributed by atoms with E-state index in [9.17, 15) is 9.59 Å². The average Bonchev–Trinajstić information content (AvgIpc) is 3.08. The summed E-state index contributed by atoms with van der Waals surface area (Å²) in [4.78, 5) is 27.8. The number of carbonyl (C=O) groups is 2. The first-order valence-corrected chi connectivity index (χ1v) is 10.3. The molecular formula is C24H23ClN2O5. The van der Waals surface area contributed by atoms with Crippen LogP contribution in [0.5, 0.6) is 11.5 Å². The highest BCUT2D eigenvalue weighted by Crippen LogP contribution is 2.38. The second-order valence-electron chi connectivity index (χ2n) is 7.10. The highest BCUT2D eigenvalue weighted by Gasteiger charge is 2.24. The van der Waals surface area contributed by atoms with Crippen LogP contribution in [0.1, 0.15) is 31.9 Å². The second kappa shape index (κ2) is 10.2. The van der Waals surface area contributed by atoms with Gasteiger partial charge in [-0.05, 0) is 67.5 Å². The molecule has 2 aromatic carbocycles. The number of aliphatic imine (C=N–C) groups is 1. The van der Waals surface area contributed by atoms with Gasteiger partial charge in [-0.25, -0.2) is 9.79 Å². The molecule has 0 saturated heterocycles. The van der Waals surface area contributed by atoms with E-state index in [-0.39, 0.29) is 17.5 Å². The molecule has 7 nitrogen and oxygen atoms in total.